The number of hydrogen-bond acceptors (Lipinski definition) is 4. The van der Waals surface area contributed by atoms with Gasteiger partial charge in [0.1, 0.15) is 5.38 Å². The van der Waals surface area contributed by atoms with Gasteiger partial charge in [-0.3, -0.25) is 14.6 Å². The number of rotatable bonds is 7. The number of alkyl halides is 4. The molecule has 0 saturated carbocycles. The summed E-state index contributed by atoms with van der Waals surface area (Å²) in [7, 11) is 0. The molecule has 0 aliphatic carbocycles. The fourth-order valence-corrected chi connectivity index (χ4v) is 2.90. The molecule has 2 aromatic carbocycles. The molecular formula is C23H18ClF3N2O3. The van der Waals surface area contributed by atoms with E-state index in [0.29, 0.717) is 5.56 Å². The Labute approximate surface area is 187 Å². The molecule has 32 heavy (non-hydrogen) atoms. The van der Waals surface area contributed by atoms with Crippen LogP contribution in [-0.2, 0) is 11.2 Å². The van der Waals surface area contributed by atoms with Gasteiger partial charge in [0.05, 0.1) is 11.4 Å². The number of ketones is 1. The van der Waals surface area contributed by atoms with Crippen LogP contribution >= 0.6 is 11.6 Å². The average molecular weight is 463 g/mol. The molecule has 1 N–H and O–H groups in total. The molecule has 0 aliphatic rings. The summed E-state index contributed by atoms with van der Waals surface area (Å²) in [5.41, 5.74) is 2.10. The number of Topliss-reactive ketones (excluding diaryl/α,β-unsaturated/α-hetero) is 1. The van der Waals surface area contributed by atoms with E-state index in [9.17, 15) is 22.8 Å². The Bertz CT molecular complexity index is 1100. The summed E-state index contributed by atoms with van der Waals surface area (Å²) in [6.07, 6.45) is -3.43. The van der Waals surface area contributed by atoms with E-state index < -0.39 is 23.4 Å². The number of aromatic nitrogens is 1. The molecule has 3 rings (SSSR count). The van der Waals surface area contributed by atoms with Crippen LogP contribution in [0.5, 0.6) is 5.75 Å². The van der Waals surface area contributed by atoms with Crippen LogP contribution in [-0.4, -0.2) is 28.4 Å². The lowest BCUT2D eigenvalue weighted by molar-refractivity contribution is -0.274. The van der Waals surface area contributed by atoms with Gasteiger partial charge in [0, 0.05) is 23.7 Å². The summed E-state index contributed by atoms with van der Waals surface area (Å²) in [5, 5.41) is 1.26. The Hall–Kier alpha value is -3.39. The maximum Gasteiger partial charge on any atom is 0.573 e. The standard InChI is InChI=1S/C23H18ClF3N2O3/c1-14(24)22(31)29-19-12-17(8-10-21(19)32-23(25,26)27)20(30)11-15-7-9-18(28-13-15)16-5-3-2-4-6-16/h2-10,12-14H,11H2,1H3,(H,29,31). The van der Waals surface area contributed by atoms with Gasteiger partial charge >= 0.3 is 6.36 Å². The van der Waals surface area contributed by atoms with Crippen LogP contribution in [0.3, 0.4) is 0 Å². The Morgan fingerprint density at radius 1 is 1.09 bits per heavy atom. The van der Waals surface area contributed by atoms with Crippen molar-refractivity contribution >= 4 is 29.0 Å². The minimum Gasteiger partial charge on any atom is -0.404 e. The van der Waals surface area contributed by atoms with Crippen molar-refractivity contribution in [2.45, 2.75) is 25.1 Å². The summed E-state index contributed by atoms with van der Waals surface area (Å²) < 4.78 is 42.0. The van der Waals surface area contributed by atoms with Gasteiger partial charge in [-0.15, -0.1) is 24.8 Å². The molecule has 1 heterocycles. The molecule has 0 saturated heterocycles. The van der Waals surface area contributed by atoms with E-state index >= 15 is 0 Å². The Morgan fingerprint density at radius 3 is 2.41 bits per heavy atom. The molecule has 0 aliphatic heterocycles. The SMILES string of the molecule is CC(Cl)C(=O)Nc1cc(C(=O)Cc2ccc(-c3ccccc3)nc2)ccc1OC(F)(F)F. The smallest absolute Gasteiger partial charge is 0.404 e. The van der Waals surface area contributed by atoms with Gasteiger partial charge in [-0.1, -0.05) is 36.4 Å². The third-order valence-corrected chi connectivity index (χ3v) is 4.60. The maximum absolute atomic E-state index is 12.7. The number of anilines is 1. The second-order valence-corrected chi connectivity index (χ2v) is 7.54. The van der Waals surface area contributed by atoms with Gasteiger partial charge in [-0.2, -0.15) is 0 Å². The Balaban J connectivity index is 1.80. The molecule has 1 amide bonds. The second-order valence-electron chi connectivity index (χ2n) is 6.88. The molecule has 0 fully saturated rings. The molecule has 0 radical (unpaired) electrons. The molecule has 1 unspecified atom stereocenters. The predicted octanol–water partition coefficient (Wildman–Crippen LogP) is 5.64. The highest BCUT2D eigenvalue weighted by Crippen LogP contribution is 2.32. The number of nitrogens with zero attached hydrogens (tertiary/aromatic N) is 1. The fourth-order valence-electron chi connectivity index (χ4n) is 2.84. The topological polar surface area (TPSA) is 68.3 Å². The quantitative estimate of drug-likeness (QED) is 0.364. The van der Waals surface area contributed by atoms with Crippen molar-refractivity contribution in [3.8, 4) is 17.0 Å². The summed E-state index contributed by atoms with van der Waals surface area (Å²) in [4.78, 5) is 28.9. The lowest BCUT2D eigenvalue weighted by Crippen LogP contribution is -2.23. The molecular weight excluding hydrogens is 445 g/mol. The first kappa shape index (κ1) is 23.3. The van der Waals surface area contributed by atoms with Crippen molar-refractivity contribution in [1.82, 2.24) is 4.98 Å². The number of nitrogens with one attached hydrogen (secondary N) is 1. The van der Waals surface area contributed by atoms with Crippen LogP contribution in [0.15, 0.2) is 66.9 Å². The van der Waals surface area contributed by atoms with Crippen molar-refractivity contribution in [2.75, 3.05) is 5.32 Å². The summed E-state index contributed by atoms with van der Waals surface area (Å²) in [6.45, 7) is 1.36. The average Bonchev–Trinajstić information content (AvgIpc) is 2.75. The van der Waals surface area contributed by atoms with Gasteiger partial charge < -0.3 is 10.1 Å². The number of benzene rings is 2. The largest absolute Gasteiger partial charge is 0.573 e. The van der Waals surface area contributed by atoms with Crippen LogP contribution in [0.4, 0.5) is 18.9 Å². The van der Waals surface area contributed by atoms with Crippen molar-refractivity contribution in [1.29, 1.82) is 0 Å². The predicted molar refractivity (Wildman–Crippen MR) is 115 cm³/mol. The van der Waals surface area contributed by atoms with E-state index in [1.807, 2.05) is 30.3 Å². The first-order valence-corrected chi connectivity index (χ1v) is 9.94. The zero-order chi connectivity index (χ0) is 23.3. The monoisotopic (exact) mass is 462 g/mol. The minimum atomic E-state index is -4.97. The van der Waals surface area contributed by atoms with E-state index in [1.165, 1.54) is 13.0 Å². The number of carbonyl (C=O) groups excluding carboxylic acids is 2. The van der Waals surface area contributed by atoms with Gasteiger partial charge in [0.15, 0.2) is 11.5 Å². The molecule has 5 nitrogen and oxygen atoms in total. The third kappa shape index (κ3) is 6.31. The number of carbonyl (C=O) groups is 2. The maximum atomic E-state index is 12.7. The number of halogens is 4. The zero-order valence-corrected chi connectivity index (χ0v) is 17.6. The van der Waals surface area contributed by atoms with Crippen LogP contribution < -0.4 is 10.1 Å². The summed E-state index contributed by atoms with van der Waals surface area (Å²) >= 11 is 5.68. The highest BCUT2D eigenvalue weighted by Gasteiger charge is 2.32. The second kappa shape index (κ2) is 9.82. The van der Waals surface area contributed by atoms with Crippen molar-refractivity contribution in [3.63, 3.8) is 0 Å². The molecule has 3 aromatic rings. The minimum absolute atomic E-state index is 0.0269. The lowest BCUT2D eigenvalue weighted by Gasteiger charge is -2.15. The van der Waals surface area contributed by atoms with E-state index in [2.05, 4.69) is 15.0 Å². The highest BCUT2D eigenvalue weighted by molar-refractivity contribution is 6.32. The van der Waals surface area contributed by atoms with Gasteiger partial charge in [0.25, 0.3) is 0 Å². The van der Waals surface area contributed by atoms with Gasteiger partial charge in [-0.05, 0) is 36.8 Å². The van der Waals surface area contributed by atoms with Crippen LogP contribution in [0.25, 0.3) is 11.3 Å². The number of hydrogen-bond donors (Lipinski definition) is 1. The zero-order valence-electron chi connectivity index (χ0n) is 16.8. The number of amides is 1. The van der Waals surface area contributed by atoms with Crippen LogP contribution in [0, 0.1) is 0 Å². The number of ether oxygens (including phenoxy) is 1. The normalized spacial score (nSPS) is 12.2. The van der Waals surface area contributed by atoms with Crippen LogP contribution in [0.1, 0.15) is 22.8 Å². The van der Waals surface area contributed by atoms with Crippen molar-refractivity contribution in [2.24, 2.45) is 0 Å². The first-order valence-electron chi connectivity index (χ1n) is 9.50. The van der Waals surface area contributed by atoms with E-state index in [4.69, 9.17) is 11.6 Å². The summed E-state index contributed by atoms with van der Waals surface area (Å²) in [5.74, 6) is -1.75. The van der Waals surface area contributed by atoms with E-state index in [-0.39, 0.29) is 23.5 Å². The highest BCUT2D eigenvalue weighted by atomic mass is 35.5. The fraction of sp³-hybridized carbons (Fsp3) is 0.174. The molecule has 1 atom stereocenters. The van der Waals surface area contributed by atoms with Crippen LogP contribution in [0.2, 0.25) is 0 Å². The van der Waals surface area contributed by atoms with Crippen molar-refractivity contribution < 1.29 is 27.5 Å². The van der Waals surface area contributed by atoms with Gasteiger partial charge in [0.2, 0.25) is 5.91 Å². The Kier molecular flexibility index (Phi) is 7.15. The molecule has 0 spiro atoms. The lowest BCUT2D eigenvalue weighted by atomic mass is 10.0. The van der Waals surface area contributed by atoms with E-state index in [0.717, 1.165) is 23.4 Å². The molecule has 0 bridgehead atoms. The third-order valence-electron chi connectivity index (χ3n) is 4.41. The number of pyridine rings is 1. The Morgan fingerprint density at radius 2 is 1.81 bits per heavy atom. The van der Waals surface area contributed by atoms with Crippen molar-refractivity contribution in [3.05, 3.63) is 78.0 Å². The van der Waals surface area contributed by atoms with E-state index in [1.54, 1.807) is 18.3 Å². The summed E-state index contributed by atoms with van der Waals surface area (Å²) in [6, 6.07) is 16.4. The van der Waals surface area contributed by atoms with Gasteiger partial charge in [-0.25, -0.2) is 0 Å². The molecule has 166 valence electrons. The molecule has 1 aromatic heterocycles. The first-order chi connectivity index (χ1) is 15.1. The molecule has 9 heteroatoms.